The molecule has 0 bridgehead atoms. The second kappa shape index (κ2) is 7.37. The van der Waals surface area contributed by atoms with Crippen molar-refractivity contribution in [3.63, 3.8) is 0 Å². The molecule has 0 saturated carbocycles. The summed E-state index contributed by atoms with van der Waals surface area (Å²) >= 11 is 0. The molecule has 0 radical (unpaired) electrons. The first-order valence-corrected chi connectivity index (χ1v) is 5.98. The summed E-state index contributed by atoms with van der Waals surface area (Å²) in [7, 11) is 0. The van der Waals surface area contributed by atoms with Crippen LogP contribution >= 0.6 is 0 Å². The van der Waals surface area contributed by atoms with Crippen LogP contribution in [0.4, 0.5) is 0 Å². The zero-order valence-electron chi connectivity index (χ0n) is 10.1. The molecular weight excluding hydrogens is 158 g/mol. The lowest BCUT2D eigenvalue weighted by Gasteiger charge is -2.19. The Labute approximate surface area is 84.5 Å². The quantitative estimate of drug-likeness (QED) is 0.650. The van der Waals surface area contributed by atoms with Crippen molar-refractivity contribution >= 4 is 0 Å². The summed E-state index contributed by atoms with van der Waals surface area (Å²) in [5.41, 5.74) is 0. The maximum absolute atomic E-state index is 2.60. The van der Waals surface area contributed by atoms with Gasteiger partial charge in [0.15, 0.2) is 0 Å². The molecule has 1 aliphatic rings. The lowest BCUT2D eigenvalue weighted by atomic mass is 10.0. The van der Waals surface area contributed by atoms with Crippen molar-refractivity contribution in [3.8, 4) is 0 Å². The Morgan fingerprint density at radius 3 is 2.31 bits per heavy atom. The lowest BCUT2D eigenvalue weighted by Crippen LogP contribution is -2.28. The Morgan fingerprint density at radius 2 is 1.92 bits per heavy atom. The van der Waals surface area contributed by atoms with E-state index in [0.29, 0.717) is 0 Å². The van der Waals surface area contributed by atoms with E-state index >= 15 is 0 Å². The number of hydrogen-bond donors (Lipinski definition) is 0. The fourth-order valence-electron chi connectivity index (χ4n) is 1.98. The first kappa shape index (κ1) is 13.0. The largest absolute Gasteiger partial charge is 0.301 e. The molecule has 1 unspecified atom stereocenters. The molecule has 1 atom stereocenters. The molecule has 0 aliphatic carbocycles. The predicted molar refractivity (Wildman–Crippen MR) is 61.1 cm³/mol. The number of likely N-dealkylation sites (tertiary alicyclic amines) is 1. The zero-order chi connectivity index (χ0) is 10.3. The third kappa shape index (κ3) is 4.66. The van der Waals surface area contributed by atoms with Crippen LogP contribution in [0.3, 0.4) is 0 Å². The van der Waals surface area contributed by atoms with Crippen LogP contribution in [0, 0.1) is 5.92 Å². The van der Waals surface area contributed by atoms with E-state index in [1.165, 1.54) is 32.4 Å². The fraction of sp³-hybridized carbons (Fsp3) is 1.00. The fourth-order valence-corrected chi connectivity index (χ4v) is 1.98. The molecule has 13 heavy (non-hydrogen) atoms. The van der Waals surface area contributed by atoms with Gasteiger partial charge in [0, 0.05) is 12.6 Å². The summed E-state index contributed by atoms with van der Waals surface area (Å²) in [5, 5.41) is 0. The van der Waals surface area contributed by atoms with E-state index < -0.39 is 0 Å². The molecule has 0 aromatic heterocycles. The third-order valence-electron chi connectivity index (χ3n) is 2.74. The molecular formula is C12H27N. The highest BCUT2D eigenvalue weighted by Gasteiger charge is 2.22. The minimum atomic E-state index is 0.761. The van der Waals surface area contributed by atoms with Crippen LogP contribution in [0.2, 0.25) is 0 Å². The van der Waals surface area contributed by atoms with E-state index in [4.69, 9.17) is 0 Å². The molecule has 1 heterocycles. The molecule has 1 rings (SSSR count). The van der Waals surface area contributed by atoms with Crippen molar-refractivity contribution in [2.24, 2.45) is 5.92 Å². The van der Waals surface area contributed by atoms with Gasteiger partial charge in [-0.25, -0.2) is 0 Å². The summed E-state index contributed by atoms with van der Waals surface area (Å²) in [4.78, 5) is 2.60. The molecule has 1 saturated heterocycles. The van der Waals surface area contributed by atoms with E-state index in [1.807, 2.05) is 13.8 Å². The maximum Gasteiger partial charge on any atom is 0.00387 e. The van der Waals surface area contributed by atoms with Gasteiger partial charge >= 0.3 is 0 Å². The molecule has 1 aliphatic heterocycles. The van der Waals surface area contributed by atoms with Crippen molar-refractivity contribution < 1.29 is 0 Å². The molecule has 0 N–H and O–H groups in total. The average molecular weight is 185 g/mol. The Hall–Kier alpha value is -0.0400. The molecule has 0 aromatic rings. The van der Waals surface area contributed by atoms with E-state index in [9.17, 15) is 0 Å². The smallest absolute Gasteiger partial charge is 0.00387 e. The highest BCUT2D eigenvalue weighted by molar-refractivity contribution is 4.77. The monoisotopic (exact) mass is 185 g/mol. The van der Waals surface area contributed by atoms with Gasteiger partial charge in [-0.1, -0.05) is 27.2 Å². The molecule has 0 spiro atoms. The highest BCUT2D eigenvalue weighted by Crippen LogP contribution is 2.22. The Bertz CT molecular complexity index is 110. The van der Waals surface area contributed by atoms with Gasteiger partial charge in [0.25, 0.3) is 0 Å². The van der Waals surface area contributed by atoms with Crippen LogP contribution in [0.1, 0.15) is 53.9 Å². The molecule has 0 aromatic carbocycles. The van der Waals surface area contributed by atoms with E-state index in [2.05, 4.69) is 25.7 Å². The summed E-state index contributed by atoms with van der Waals surface area (Å²) in [6.07, 6.45) is 4.23. The van der Waals surface area contributed by atoms with E-state index in [1.54, 1.807) is 0 Å². The van der Waals surface area contributed by atoms with Gasteiger partial charge in [-0.05, 0) is 39.2 Å². The van der Waals surface area contributed by atoms with Crippen LogP contribution < -0.4 is 0 Å². The van der Waals surface area contributed by atoms with Crippen LogP contribution in [-0.4, -0.2) is 24.0 Å². The van der Waals surface area contributed by atoms with E-state index in [-0.39, 0.29) is 0 Å². The second-order valence-electron chi connectivity index (χ2n) is 4.03. The molecule has 1 fully saturated rings. The molecule has 0 amide bonds. The van der Waals surface area contributed by atoms with Gasteiger partial charge in [-0.15, -0.1) is 0 Å². The van der Waals surface area contributed by atoms with Crippen LogP contribution in [0.25, 0.3) is 0 Å². The normalized spacial score (nSPS) is 23.1. The summed E-state index contributed by atoms with van der Waals surface area (Å²) in [6.45, 7) is 13.6. The topological polar surface area (TPSA) is 3.24 Å². The van der Waals surface area contributed by atoms with Crippen LogP contribution in [0.5, 0.6) is 0 Å². The van der Waals surface area contributed by atoms with Gasteiger partial charge < -0.3 is 4.90 Å². The molecule has 80 valence electrons. The van der Waals surface area contributed by atoms with Crippen molar-refractivity contribution in [2.45, 2.75) is 59.9 Å². The Kier molecular flexibility index (Phi) is 7.35. The Balaban J connectivity index is 0.000000671. The molecule has 1 nitrogen and oxygen atoms in total. The zero-order valence-corrected chi connectivity index (χ0v) is 10.1. The minimum Gasteiger partial charge on any atom is -0.301 e. The van der Waals surface area contributed by atoms with Crippen molar-refractivity contribution in [1.29, 1.82) is 0 Å². The lowest BCUT2D eigenvalue weighted by molar-refractivity contribution is 0.263. The standard InChI is InChI=1S/C10H21N.C2H6/c1-4-5-10-6-7-11(8-10)9(2)3;1-2/h9-10H,4-8H2,1-3H3;1-2H3. The first-order chi connectivity index (χ1) is 6.24. The predicted octanol–water partition coefficient (Wildman–Crippen LogP) is 3.54. The van der Waals surface area contributed by atoms with Crippen molar-refractivity contribution in [1.82, 2.24) is 4.90 Å². The number of hydrogen-bond acceptors (Lipinski definition) is 1. The number of nitrogens with zero attached hydrogens (tertiary/aromatic N) is 1. The van der Waals surface area contributed by atoms with Crippen molar-refractivity contribution in [2.75, 3.05) is 13.1 Å². The summed E-state index contributed by atoms with van der Waals surface area (Å²) in [6, 6.07) is 0.761. The summed E-state index contributed by atoms with van der Waals surface area (Å²) < 4.78 is 0. The summed E-state index contributed by atoms with van der Waals surface area (Å²) in [5.74, 6) is 1.00. The number of rotatable bonds is 3. The molecule has 1 heteroatoms. The van der Waals surface area contributed by atoms with Gasteiger partial charge in [0.05, 0.1) is 0 Å². The van der Waals surface area contributed by atoms with Crippen LogP contribution in [-0.2, 0) is 0 Å². The highest BCUT2D eigenvalue weighted by atomic mass is 15.2. The average Bonchev–Trinajstić information content (AvgIpc) is 2.57. The Morgan fingerprint density at radius 1 is 1.31 bits per heavy atom. The van der Waals surface area contributed by atoms with E-state index in [0.717, 1.165) is 12.0 Å². The van der Waals surface area contributed by atoms with Gasteiger partial charge in [-0.2, -0.15) is 0 Å². The van der Waals surface area contributed by atoms with Crippen LogP contribution in [0.15, 0.2) is 0 Å². The van der Waals surface area contributed by atoms with Gasteiger partial charge in [-0.3, -0.25) is 0 Å². The van der Waals surface area contributed by atoms with Gasteiger partial charge in [0.1, 0.15) is 0 Å². The minimum absolute atomic E-state index is 0.761. The third-order valence-corrected chi connectivity index (χ3v) is 2.74. The maximum atomic E-state index is 2.60. The first-order valence-electron chi connectivity index (χ1n) is 5.98. The second-order valence-corrected chi connectivity index (χ2v) is 4.03. The van der Waals surface area contributed by atoms with Crippen molar-refractivity contribution in [3.05, 3.63) is 0 Å². The van der Waals surface area contributed by atoms with Gasteiger partial charge in [0.2, 0.25) is 0 Å². The SMILES string of the molecule is CC.CCCC1CCN(C(C)C)C1.